The summed E-state index contributed by atoms with van der Waals surface area (Å²) >= 11 is 4.22. The van der Waals surface area contributed by atoms with Crippen LogP contribution in [0.15, 0.2) is 63.4 Å². The Morgan fingerprint density at radius 1 is 1.18 bits per heavy atom. The van der Waals surface area contributed by atoms with Crippen LogP contribution in [0.1, 0.15) is 12.6 Å². The van der Waals surface area contributed by atoms with Crippen LogP contribution in [-0.4, -0.2) is 38.6 Å². The molecule has 0 atom stereocenters. The Balaban J connectivity index is 1.39. The molecule has 4 aromatic rings. The second-order valence-electron chi connectivity index (χ2n) is 7.16. The molecular weight excluding hydrogens is 476 g/mol. The van der Waals surface area contributed by atoms with Gasteiger partial charge in [0.25, 0.3) is 5.56 Å². The number of para-hydroxylation sites is 1. The monoisotopic (exact) mass is 496 g/mol. The van der Waals surface area contributed by atoms with Crippen LogP contribution in [0.4, 0.5) is 5.13 Å². The highest BCUT2D eigenvalue weighted by Gasteiger charge is 2.23. The van der Waals surface area contributed by atoms with E-state index in [2.05, 4.69) is 10.3 Å². The smallest absolute Gasteiger partial charge is 0.272 e. The van der Waals surface area contributed by atoms with Crippen molar-refractivity contribution in [1.82, 2.24) is 14.5 Å². The number of nitrogens with one attached hydrogen (secondary N) is 1. The number of ether oxygens (including phenoxy) is 1. The van der Waals surface area contributed by atoms with Crippen molar-refractivity contribution in [2.75, 3.05) is 23.4 Å². The van der Waals surface area contributed by atoms with E-state index in [9.17, 15) is 9.59 Å². The summed E-state index contributed by atoms with van der Waals surface area (Å²) in [6.07, 6.45) is 0.755. The fourth-order valence-electron chi connectivity index (χ4n) is 3.49. The standard InChI is InChI=1S/C23H20N4O3S3/c1-2-30-15-9-7-14(8-10-15)27-21(29)20-17(11-12-31-20)25-23(27)32-13-19(28)26-22-24-16-5-3-4-6-18(16)33-22/h3-10H,2,11-13H2,1H3,(H,24,26,28). The fourth-order valence-corrected chi connectivity index (χ4v) is 6.22. The number of carbonyl (C=O) groups excluding carboxylic acids is 1. The van der Waals surface area contributed by atoms with E-state index >= 15 is 0 Å². The molecule has 1 N–H and O–H groups in total. The largest absolute Gasteiger partial charge is 0.494 e. The Labute approximate surface area is 202 Å². The van der Waals surface area contributed by atoms with Crippen LogP contribution >= 0.6 is 34.9 Å². The van der Waals surface area contributed by atoms with Crippen LogP contribution in [0.3, 0.4) is 0 Å². The van der Waals surface area contributed by atoms with Crippen LogP contribution in [-0.2, 0) is 11.2 Å². The molecule has 2 aromatic carbocycles. The van der Waals surface area contributed by atoms with E-state index in [1.54, 1.807) is 4.57 Å². The minimum atomic E-state index is -0.193. The summed E-state index contributed by atoms with van der Waals surface area (Å²) in [7, 11) is 0. The normalized spacial score (nSPS) is 12.6. The molecule has 168 valence electrons. The molecule has 0 saturated carbocycles. The average molecular weight is 497 g/mol. The highest BCUT2D eigenvalue weighted by molar-refractivity contribution is 8.00. The van der Waals surface area contributed by atoms with Gasteiger partial charge in [0.2, 0.25) is 5.91 Å². The van der Waals surface area contributed by atoms with Crippen molar-refractivity contribution in [1.29, 1.82) is 0 Å². The van der Waals surface area contributed by atoms with E-state index in [0.29, 0.717) is 27.5 Å². The number of anilines is 1. The molecule has 7 nitrogen and oxygen atoms in total. The summed E-state index contributed by atoms with van der Waals surface area (Å²) in [5.41, 5.74) is 2.26. The Hall–Kier alpha value is -2.82. The zero-order valence-corrected chi connectivity index (χ0v) is 20.2. The first-order chi connectivity index (χ1) is 16.1. The molecule has 0 aliphatic carbocycles. The maximum atomic E-state index is 13.3. The molecule has 0 saturated heterocycles. The molecule has 33 heavy (non-hydrogen) atoms. The van der Waals surface area contributed by atoms with Gasteiger partial charge in [-0.15, -0.1) is 11.8 Å². The number of carbonyl (C=O) groups is 1. The first-order valence-electron chi connectivity index (χ1n) is 10.4. The molecule has 5 rings (SSSR count). The third-order valence-corrected chi connectivity index (χ3v) is 7.94. The Bertz CT molecular complexity index is 1350. The molecule has 0 spiro atoms. The third-order valence-electron chi connectivity index (χ3n) is 4.95. The number of aryl methyl sites for hydroxylation is 1. The van der Waals surface area contributed by atoms with Gasteiger partial charge in [0.05, 0.1) is 38.9 Å². The predicted octanol–water partition coefficient (Wildman–Crippen LogP) is 4.62. The van der Waals surface area contributed by atoms with Crippen molar-refractivity contribution in [2.45, 2.75) is 23.4 Å². The van der Waals surface area contributed by atoms with E-state index < -0.39 is 0 Å². The highest BCUT2D eigenvalue weighted by Crippen LogP contribution is 2.31. The molecule has 10 heteroatoms. The van der Waals surface area contributed by atoms with Crippen molar-refractivity contribution >= 4 is 56.1 Å². The van der Waals surface area contributed by atoms with Crippen molar-refractivity contribution in [2.24, 2.45) is 0 Å². The van der Waals surface area contributed by atoms with Gasteiger partial charge in [-0.25, -0.2) is 9.97 Å². The second kappa shape index (κ2) is 9.58. The Morgan fingerprint density at radius 3 is 2.79 bits per heavy atom. The number of hydrogen-bond donors (Lipinski definition) is 1. The first kappa shape index (κ1) is 22.0. The maximum Gasteiger partial charge on any atom is 0.272 e. The summed E-state index contributed by atoms with van der Waals surface area (Å²) < 4.78 is 8.12. The zero-order chi connectivity index (χ0) is 22.8. The number of thioether (sulfide) groups is 2. The van der Waals surface area contributed by atoms with Crippen LogP contribution in [0, 0.1) is 0 Å². The summed E-state index contributed by atoms with van der Waals surface area (Å²) in [6.45, 7) is 2.50. The van der Waals surface area contributed by atoms with Gasteiger partial charge in [0, 0.05) is 12.2 Å². The number of fused-ring (bicyclic) bond motifs is 2. The Kier molecular flexibility index (Phi) is 6.39. The predicted molar refractivity (Wildman–Crippen MR) is 134 cm³/mol. The number of amides is 1. The Morgan fingerprint density at radius 2 is 2.00 bits per heavy atom. The summed E-state index contributed by atoms with van der Waals surface area (Å²) in [4.78, 5) is 35.8. The van der Waals surface area contributed by atoms with Crippen LogP contribution < -0.4 is 15.6 Å². The first-order valence-corrected chi connectivity index (χ1v) is 13.2. The highest BCUT2D eigenvalue weighted by atomic mass is 32.2. The summed E-state index contributed by atoms with van der Waals surface area (Å²) in [5, 5.41) is 3.92. The quantitative estimate of drug-likeness (QED) is 0.295. The van der Waals surface area contributed by atoms with Gasteiger partial charge < -0.3 is 10.1 Å². The summed E-state index contributed by atoms with van der Waals surface area (Å²) in [5.74, 6) is 1.50. The molecular formula is C23H20N4O3S3. The van der Waals surface area contributed by atoms with E-state index in [4.69, 9.17) is 9.72 Å². The second-order valence-corrected chi connectivity index (χ2v) is 10.2. The van der Waals surface area contributed by atoms with Gasteiger partial charge in [-0.05, 0) is 43.3 Å². The summed E-state index contributed by atoms with van der Waals surface area (Å²) in [6, 6.07) is 15.1. The van der Waals surface area contributed by atoms with Crippen LogP contribution in [0.5, 0.6) is 5.75 Å². The van der Waals surface area contributed by atoms with Gasteiger partial charge in [-0.3, -0.25) is 14.2 Å². The number of thiazole rings is 1. The van der Waals surface area contributed by atoms with E-state index in [1.807, 2.05) is 55.5 Å². The molecule has 1 aliphatic rings. The van der Waals surface area contributed by atoms with Crippen molar-refractivity contribution in [3.63, 3.8) is 0 Å². The van der Waals surface area contributed by atoms with Crippen LogP contribution in [0.25, 0.3) is 15.9 Å². The van der Waals surface area contributed by atoms with Crippen molar-refractivity contribution in [3.8, 4) is 11.4 Å². The molecule has 3 heterocycles. The molecule has 0 bridgehead atoms. The molecule has 1 amide bonds. The minimum absolute atomic E-state index is 0.0965. The molecule has 0 fully saturated rings. The number of aromatic nitrogens is 3. The van der Waals surface area contributed by atoms with Gasteiger partial charge >= 0.3 is 0 Å². The lowest BCUT2D eigenvalue weighted by molar-refractivity contribution is -0.113. The minimum Gasteiger partial charge on any atom is -0.494 e. The van der Waals surface area contributed by atoms with E-state index in [0.717, 1.165) is 33.8 Å². The fraction of sp³-hybridized carbons (Fsp3) is 0.217. The molecule has 2 aromatic heterocycles. The van der Waals surface area contributed by atoms with E-state index in [1.165, 1.54) is 34.9 Å². The topological polar surface area (TPSA) is 86.1 Å². The maximum absolute atomic E-state index is 13.3. The SMILES string of the molecule is CCOc1ccc(-n2c(SCC(=O)Nc3nc4ccccc4s3)nc3c(c2=O)SCC3)cc1. The lowest BCUT2D eigenvalue weighted by atomic mass is 10.3. The van der Waals surface area contributed by atoms with Crippen molar-refractivity contribution in [3.05, 3.63) is 64.6 Å². The zero-order valence-electron chi connectivity index (χ0n) is 17.7. The molecule has 0 unspecified atom stereocenters. The number of hydrogen-bond acceptors (Lipinski definition) is 8. The number of benzene rings is 2. The lowest BCUT2D eigenvalue weighted by Crippen LogP contribution is -2.24. The van der Waals surface area contributed by atoms with Gasteiger partial charge in [0.15, 0.2) is 10.3 Å². The van der Waals surface area contributed by atoms with E-state index in [-0.39, 0.29) is 17.2 Å². The van der Waals surface area contributed by atoms with Gasteiger partial charge in [-0.2, -0.15) is 0 Å². The molecule has 1 aliphatic heterocycles. The molecule has 0 radical (unpaired) electrons. The van der Waals surface area contributed by atoms with Crippen molar-refractivity contribution < 1.29 is 9.53 Å². The van der Waals surface area contributed by atoms with Gasteiger partial charge in [0.1, 0.15) is 5.75 Å². The number of rotatable bonds is 7. The lowest BCUT2D eigenvalue weighted by Gasteiger charge is -2.14. The van der Waals surface area contributed by atoms with Crippen LogP contribution in [0.2, 0.25) is 0 Å². The average Bonchev–Trinajstić information content (AvgIpc) is 3.45. The third kappa shape index (κ3) is 4.64. The van der Waals surface area contributed by atoms with Gasteiger partial charge in [-0.1, -0.05) is 35.2 Å². The number of nitrogens with zero attached hydrogens (tertiary/aromatic N) is 3.